The second-order valence-corrected chi connectivity index (χ2v) is 6.57. The van der Waals surface area contributed by atoms with E-state index in [4.69, 9.17) is 4.74 Å². The monoisotopic (exact) mass is 276 g/mol. The van der Waals surface area contributed by atoms with Gasteiger partial charge in [-0.05, 0) is 42.6 Å². The lowest BCUT2D eigenvalue weighted by atomic mass is 9.87. The van der Waals surface area contributed by atoms with Gasteiger partial charge in [-0.3, -0.25) is 4.90 Å². The molecule has 3 heteroatoms. The minimum absolute atomic E-state index is 0.206. The maximum absolute atomic E-state index is 5.86. The van der Waals surface area contributed by atoms with Gasteiger partial charge in [0.1, 0.15) is 12.4 Å². The average molecular weight is 276 g/mol. The Bertz CT molecular complexity index is 386. The highest BCUT2D eigenvalue weighted by atomic mass is 16.5. The first kappa shape index (κ1) is 15.3. The zero-order valence-corrected chi connectivity index (χ0v) is 13.1. The highest BCUT2D eigenvalue weighted by Crippen LogP contribution is 2.24. The lowest BCUT2D eigenvalue weighted by Gasteiger charge is -2.20. The lowest BCUT2D eigenvalue weighted by molar-refractivity contribution is 0.217. The van der Waals surface area contributed by atoms with Crippen molar-refractivity contribution in [1.29, 1.82) is 0 Å². The Morgan fingerprint density at radius 3 is 2.55 bits per heavy atom. The molecule has 0 bridgehead atoms. The molecule has 0 unspecified atom stereocenters. The summed E-state index contributed by atoms with van der Waals surface area (Å²) in [5.74, 6) is 0.978. The number of nitrogens with zero attached hydrogens (tertiary/aromatic N) is 1. The van der Waals surface area contributed by atoms with Gasteiger partial charge < -0.3 is 10.1 Å². The first-order valence-electron chi connectivity index (χ1n) is 7.72. The van der Waals surface area contributed by atoms with Gasteiger partial charge in [0.2, 0.25) is 0 Å². The smallest absolute Gasteiger partial charge is 0.119 e. The van der Waals surface area contributed by atoms with E-state index in [0.717, 1.165) is 38.5 Å². The summed E-state index contributed by atoms with van der Waals surface area (Å²) >= 11 is 0. The summed E-state index contributed by atoms with van der Waals surface area (Å²) in [7, 11) is 0. The third kappa shape index (κ3) is 4.80. The van der Waals surface area contributed by atoms with Crippen LogP contribution in [0, 0.1) is 0 Å². The quantitative estimate of drug-likeness (QED) is 0.915. The molecule has 0 atom stereocenters. The molecule has 0 spiro atoms. The second kappa shape index (κ2) is 7.09. The van der Waals surface area contributed by atoms with Gasteiger partial charge in [0.05, 0.1) is 0 Å². The van der Waals surface area contributed by atoms with Crippen molar-refractivity contribution in [3.05, 3.63) is 29.8 Å². The SMILES string of the molecule is CC(C)(C)c1ccc(OCCN2CCCNCC2)cc1. The van der Waals surface area contributed by atoms with E-state index >= 15 is 0 Å². The molecule has 1 fully saturated rings. The third-order valence-electron chi connectivity index (χ3n) is 3.83. The summed E-state index contributed by atoms with van der Waals surface area (Å²) in [5.41, 5.74) is 1.56. The molecule has 3 nitrogen and oxygen atoms in total. The van der Waals surface area contributed by atoms with E-state index in [1.807, 2.05) is 0 Å². The van der Waals surface area contributed by atoms with Crippen LogP contribution in [-0.4, -0.2) is 44.2 Å². The van der Waals surface area contributed by atoms with Crippen LogP contribution in [0.15, 0.2) is 24.3 Å². The van der Waals surface area contributed by atoms with Crippen LogP contribution in [0.25, 0.3) is 0 Å². The van der Waals surface area contributed by atoms with E-state index in [1.165, 1.54) is 18.5 Å². The van der Waals surface area contributed by atoms with Crippen molar-refractivity contribution in [3.8, 4) is 5.75 Å². The van der Waals surface area contributed by atoms with Crippen molar-refractivity contribution in [2.75, 3.05) is 39.3 Å². The zero-order valence-electron chi connectivity index (χ0n) is 13.1. The molecule has 0 amide bonds. The predicted molar refractivity (Wildman–Crippen MR) is 84.6 cm³/mol. The van der Waals surface area contributed by atoms with Crippen molar-refractivity contribution in [3.63, 3.8) is 0 Å². The van der Waals surface area contributed by atoms with Crippen LogP contribution in [0.4, 0.5) is 0 Å². The molecule has 1 aliphatic rings. The van der Waals surface area contributed by atoms with Crippen LogP contribution in [0.2, 0.25) is 0 Å². The molecule has 1 aromatic rings. The van der Waals surface area contributed by atoms with Crippen molar-refractivity contribution in [2.24, 2.45) is 0 Å². The van der Waals surface area contributed by atoms with Gasteiger partial charge in [-0.25, -0.2) is 0 Å². The molecule has 0 aromatic heterocycles. The Kier molecular flexibility index (Phi) is 5.44. The highest BCUT2D eigenvalue weighted by molar-refractivity contribution is 5.31. The van der Waals surface area contributed by atoms with Gasteiger partial charge >= 0.3 is 0 Å². The van der Waals surface area contributed by atoms with E-state index in [9.17, 15) is 0 Å². The zero-order chi connectivity index (χ0) is 14.4. The average Bonchev–Trinajstić information content (AvgIpc) is 2.67. The van der Waals surface area contributed by atoms with Crippen molar-refractivity contribution >= 4 is 0 Å². The minimum atomic E-state index is 0.206. The summed E-state index contributed by atoms with van der Waals surface area (Å²) < 4.78 is 5.86. The molecule has 112 valence electrons. The van der Waals surface area contributed by atoms with Crippen LogP contribution >= 0.6 is 0 Å². The second-order valence-electron chi connectivity index (χ2n) is 6.57. The summed E-state index contributed by atoms with van der Waals surface area (Å²) in [4.78, 5) is 2.48. The number of rotatable bonds is 4. The molecule has 1 N–H and O–H groups in total. The molecule has 1 aliphatic heterocycles. The highest BCUT2D eigenvalue weighted by Gasteiger charge is 2.13. The summed E-state index contributed by atoms with van der Waals surface area (Å²) in [6.45, 7) is 13.0. The first-order chi connectivity index (χ1) is 9.55. The Balaban J connectivity index is 1.76. The van der Waals surface area contributed by atoms with Crippen molar-refractivity contribution in [1.82, 2.24) is 10.2 Å². The minimum Gasteiger partial charge on any atom is -0.492 e. The normalized spacial score (nSPS) is 17.8. The molecule has 1 aromatic carbocycles. The lowest BCUT2D eigenvalue weighted by Crippen LogP contribution is -2.31. The molecule has 20 heavy (non-hydrogen) atoms. The van der Waals surface area contributed by atoms with Gasteiger partial charge in [-0.1, -0.05) is 32.9 Å². The van der Waals surface area contributed by atoms with Crippen molar-refractivity contribution in [2.45, 2.75) is 32.6 Å². The Hall–Kier alpha value is -1.06. The van der Waals surface area contributed by atoms with E-state index in [0.29, 0.717) is 0 Å². The summed E-state index contributed by atoms with van der Waals surface area (Å²) in [6.07, 6.45) is 1.24. The number of benzene rings is 1. The number of hydrogen-bond donors (Lipinski definition) is 1. The summed E-state index contributed by atoms with van der Waals surface area (Å²) in [6, 6.07) is 8.52. The maximum Gasteiger partial charge on any atom is 0.119 e. The van der Waals surface area contributed by atoms with E-state index in [2.05, 4.69) is 55.3 Å². The standard InChI is InChI=1S/C17H28N2O/c1-17(2,3)15-5-7-16(8-6-15)20-14-13-19-11-4-9-18-10-12-19/h5-8,18H,4,9-14H2,1-3H3. The Labute approximate surface area is 123 Å². The Morgan fingerprint density at radius 2 is 1.85 bits per heavy atom. The largest absolute Gasteiger partial charge is 0.492 e. The maximum atomic E-state index is 5.86. The molecular weight excluding hydrogens is 248 g/mol. The van der Waals surface area contributed by atoms with Crippen LogP contribution in [0.3, 0.4) is 0 Å². The van der Waals surface area contributed by atoms with E-state index in [1.54, 1.807) is 0 Å². The molecule has 0 radical (unpaired) electrons. The molecule has 0 saturated carbocycles. The van der Waals surface area contributed by atoms with Crippen LogP contribution in [0.1, 0.15) is 32.8 Å². The number of hydrogen-bond acceptors (Lipinski definition) is 3. The van der Waals surface area contributed by atoms with Crippen molar-refractivity contribution < 1.29 is 4.74 Å². The fourth-order valence-corrected chi connectivity index (χ4v) is 2.47. The fourth-order valence-electron chi connectivity index (χ4n) is 2.47. The van der Waals surface area contributed by atoms with Gasteiger partial charge in [0, 0.05) is 19.6 Å². The molecular formula is C17H28N2O. The van der Waals surface area contributed by atoms with E-state index in [-0.39, 0.29) is 5.41 Å². The third-order valence-corrected chi connectivity index (χ3v) is 3.83. The van der Waals surface area contributed by atoms with Gasteiger partial charge in [0.15, 0.2) is 0 Å². The van der Waals surface area contributed by atoms with Crippen LogP contribution in [0.5, 0.6) is 5.75 Å². The summed E-state index contributed by atoms with van der Waals surface area (Å²) in [5, 5.41) is 3.42. The molecule has 1 saturated heterocycles. The van der Waals surface area contributed by atoms with Gasteiger partial charge in [-0.2, -0.15) is 0 Å². The first-order valence-corrected chi connectivity index (χ1v) is 7.72. The number of nitrogens with one attached hydrogen (secondary N) is 1. The van der Waals surface area contributed by atoms with Gasteiger partial charge in [0.25, 0.3) is 0 Å². The van der Waals surface area contributed by atoms with Crippen LogP contribution in [-0.2, 0) is 5.41 Å². The number of ether oxygens (including phenoxy) is 1. The Morgan fingerprint density at radius 1 is 1.10 bits per heavy atom. The topological polar surface area (TPSA) is 24.5 Å². The van der Waals surface area contributed by atoms with E-state index < -0.39 is 0 Å². The fraction of sp³-hybridized carbons (Fsp3) is 0.647. The molecule has 1 heterocycles. The predicted octanol–water partition coefficient (Wildman–Crippen LogP) is 2.66. The molecule has 2 rings (SSSR count). The van der Waals surface area contributed by atoms with Crippen LogP contribution < -0.4 is 10.1 Å². The van der Waals surface area contributed by atoms with Gasteiger partial charge in [-0.15, -0.1) is 0 Å². The molecule has 0 aliphatic carbocycles.